The van der Waals surface area contributed by atoms with Crippen molar-refractivity contribution in [2.24, 2.45) is 4.99 Å². The molecular formula is C18H11F2N3OS. The van der Waals surface area contributed by atoms with E-state index in [4.69, 9.17) is 0 Å². The minimum absolute atomic E-state index is 0.317. The van der Waals surface area contributed by atoms with Crippen LogP contribution in [0.25, 0.3) is 0 Å². The van der Waals surface area contributed by atoms with Gasteiger partial charge in [-0.2, -0.15) is 0 Å². The molecule has 4 nitrogen and oxygen atoms in total. The molecule has 0 unspecified atom stereocenters. The van der Waals surface area contributed by atoms with Crippen LogP contribution >= 0.6 is 11.3 Å². The third-order valence-electron chi connectivity index (χ3n) is 3.82. The van der Waals surface area contributed by atoms with E-state index in [1.165, 1.54) is 23.5 Å². The number of anilines is 1. The SMILES string of the molecule is O=C(Nc1nccs1)c1cccc2c1N=C(c1cc(F)cc(F)c1)C2. The summed E-state index contributed by atoms with van der Waals surface area (Å²) in [6.45, 7) is 0. The maximum atomic E-state index is 13.5. The summed E-state index contributed by atoms with van der Waals surface area (Å²) in [5, 5.41) is 4.98. The highest BCUT2D eigenvalue weighted by Crippen LogP contribution is 2.33. The van der Waals surface area contributed by atoms with Crippen molar-refractivity contribution in [3.63, 3.8) is 0 Å². The van der Waals surface area contributed by atoms with Crippen LogP contribution in [0.2, 0.25) is 0 Å². The van der Waals surface area contributed by atoms with Gasteiger partial charge >= 0.3 is 0 Å². The normalized spacial score (nSPS) is 12.6. The molecule has 1 aliphatic heterocycles. The molecule has 0 fully saturated rings. The highest BCUT2D eigenvalue weighted by Gasteiger charge is 2.23. The Morgan fingerprint density at radius 2 is 1.96 bits per heavy atom. The van der Waals surface area contributed by atoms with Crippen molar-refractivity contribution in [2.45, 2.75) is 6.42 Å². The molecule has 3 aromatic rings. The number of benzene rings is 2. The van der Waals surface area contributed by atoms with E-state index in [1.807, 2.05) is 6.07 Å². The number of carbonyl (C=O) groups is 1. The van der Waals surface area contributed by atoms with Crippen LogP contribution in [0, 0.1) is 11.6 Å². The van der Waals surface area contributed by atoms with E-state index in [2.05, 4.69) is 15.3 Å². The molecule has 7 heteroatoms. The van der Waals surface area contributed by atoms with Gasteiger partial charge in [0.25, 0.3) is 5.91 Å². The molecule has 0 saturated carbocycles. The Balaban J connectivity index is 1.69. The van der Waals surface area contributed by atoms with Crippen molar-refractivity contribution in [3.05, 3.63) is 76.3 Å². The number of halogens is 2. The maximum Gasteiger partial charge on any atom is 0.259 e. The molecule has 2 aromatic carbocycles. The van der Waals surface area contributed by atoms with Gasteiger partial charge in [0.15, 0.2) is 5.13 Å². The first kappa shape index (κ1) is 15.6. The van der Waals surface area contributed by atoms with Crippen molar-refractivity contribution in [1.29, 1.82) is 0 Å². The second-order valence-corrected chi connectivity index (χ2v) is 6.39. The Bertz CT molecular complexity index is 979. The number of amides is 1. The number of rotatable bonds is 3. The fourth-order valence-electron chi connectivity index (χ4n) is 2.74. The summed E-state index contributed by atoms with van der Waals surface area (Å²) < 4.78 is 26.9. The Morgan fingerprint density at radius 1 is 1.16 bits per heavy atom. The van der Waals surface area contributed by atoms with Crippen LogP contribution < -0.4 is 5.32 Å². The number of hydrogen-bond donors (Lipinski definition) is 1. The maximum absolute atomic E-state index is 13.5. The van der Waals surface area contributed by atoms with Crippen LogP contribution in [-0.2, 0) is 6.42 Å². The lowest BCUT2D eigenvalue weighted by Gasteiger charge is -2.05. The lowest BCUT2D eigenvalue weighted by Crippen LogP contribution is -2.11. The first-order chi connectivity index (χ1) is 12.1. The molecule has 4 rings (SSSR count). The summed E-state index contributed by atoms with van der Waals surface area (Å²) >= 11 is 1.32. The van der Waals surface area contributed by atoms with Gasteiger partial charge in [-0.25, -0.2) is 13.8 Å². The summed E-state index contributed by atoms with van der Waals surface area (Å²) in [5.74, 6) is -1.63. The van der Waals surface area contributed by atoms with Crippen molar-refractivity contribution in [2.75, 3.05) is 5.32 Å². The number of nitrogens with one attached hydrogen (secondary N) is 1. The number of nitrogens with zero attached hydrogens (tertiary/aromatic N) is 2. The van der Waals surface area contributed by atoms with E-state index in [0.29, 0.717) is 34.1 Å². The number of hydrogen-bond acceptors (Lipinski definition) is 4. The second kappa shape index (κ2) is 6.18. The molecule has 0 bridgehead atoms. The highest BCUT2D eigenvalue weighted by atomic mass is 32.1. The Labute approximate surface area is 145 Å². The zero-order valence-corrected chi connectivity index (χ0v) is 13.6. The van der Waals surface area contributed by atoms with Crippen molar-refractivity contribution in [1.82, 2.24) is 4.98 Å². The number of para-hydroxylation sites is 1. The van der Waals surface area contributed by atoms with Gasteiger partial charge in [0.2, 0.25) is 0 Å². The van der Waals surface area contributed by atoms with Crippen LogP contribution in [-0.4, -0.2) is 16.6 Å². The third kappa shape index (κ3) is 3.06. The minimum Gasteiger partial charge on any atom is -0.298 e. The average Bonchev–Trinajstić information content (AvgIpc) is 3.22. The van der Waals surface area contributed by atoms with Gasteiger partial charge in [-0.3, -0.25) is 15.1 Å². The molecular weight excluding hydrogens is 344 g/mol. The lowest BCUT2D eigenvalue weighted by molar-refractivity contribution is 0.102. The average molecular weight is 355 g/mol. The molecule has 0 atom stereocenters. The first-order valence-electron chi connectivity index (χ1n) is 7.47. The zero-order valence-electron chi connectivity index (χ0n) is 12.8. The van der Waals surface area contributed by atoms with Crippen LogP contribution in [0.4, 0.5) is 19.6 Å². The molecule has 1 aliphatic rings. The fraction of sp³-hybridized carbons (Fsp3) is 0.0556. The van der Waals surface area contributed by atoms with Gasteiger partial charge in [0.05, 0.1) is 17.0 Å². The topological polar surface area (TPSA) is 54.4 Å². The molecule has 2 heterocycles. The largest absolute Gasteiger partial charge is 0.298 e. The van der Waals surface area contributed by atoms with Crippen LogP contribution in [0.15, 0.2) is 53.0 Å². The summed E-state index contributed by atoms with van der Waals surface area (Å²) in [4.78, 5) is 21.0. The standard InChI is InChI=1S/C18H11F2N3OS/c19-12-6-11(7-13(20)9-12)15-8-10-2-1-3-14(16(10)22-15)17(24)23-18-21-4-5-25-18/h1-7,9H,8H2,(H,21,23,24). The number of carbonyl (C=O) groups excluding carboxylic acids is 1. The van der Waals surface area contributed by atoms with Gasteiger partial charge in [0, 0.05) is 29.6 Å². The van der Waals surface area contributed by atoms with Crippen LogP contribution in [0.5, 0.6) is 0 Å². The molecule has 0 spiro atoms. The predicted octanol–water partition coefficient (Wildman–Crippen LogP) is 4.35. The molecule has 25 heavy (non-hydrogen) atoms. The van der Waals surface area contributed by atoms with Gasteiger partial charge in [-0.15, -0.1) is 11.3 Å². The van der Waals surface area contributed by atoms with E-state index in [0.717, 1.165) is 11.6 Å². The van der Waals surface area contributed by atoms with Crippen molar-refractivity contribution >= 4 is 33.8 Å². The van der Waals surface area contributed by atoms with E-state index in [1.54, 1.807) is 23.7 Å². The molecule has 124 valence electrons. The quantitative estimate of drug-likeness (QED) is 0.759. The third-order valence-corrected chi connectivity index (χ3v) is 4.51. The predicted molar refractivity (Wildman–Crippen MR) is 92.8 cm³/mol. The van der Waals surface area contributed by atoms with Gasteiger partial charge in [-0.1, -0.05) is 12.1 Å². The Hall–Kier alpha value is -2.93. The molecule has 0 radical (unpaired) electrons. The van der Waals surface area contributed by atoms with E-state index < -0.39 is 11.6 Å². The fourth-order valence-corrected chi connectivity index (χ4v) is 3.26. The summed E-state index contributed by atoms with van der Waals surface area (Å²) in [6.07, 6.45) is 2.01. The second-order valence-electron chi connectivity index (χ2n) is 5.50. The zero-order chi connectivity index (χ0) is 17.4. The van der Waals surface area contributed by atoms with Crippen molar-refractivity contribution in [3.8, 4) is 0 Å². The van der Waals surface area contributed by atoms with Crippen molar-refractivity contribution < 1.29 is 13.6 Å². The highest BCUT2D eigenvalue weighted by molar-refractivity contribution is 7.13. The van der Waals surface area contributed by atoms with Crippen LogP contribution in [0.1, 0.15) is 21.5 Å². The molecule has 0 saturated heterocycles. The molecule has 1 aromatic heterocycles. The number of thiazole rings is 1. The van der Waals surface area contributed by atoms with Gasteiger partial charge in [0.1, 0.15) is 11.6 Å². The smallest absolute Gasteiger partial charge is 0.259 e. The summed E-state index contributed by atoms with van der Waals surface area (Å²) in [6, 6.07) is 8.58. The van der Waals surface area contributed by atoms with E-state index >= 15 is 0 Å². The Kier molecular flexibility index (Phi) is 3.85. The lowest BCUT2D eigenvalue weighted by atomic mass is 10.0. The molecule has 0 aliphatic carbocycles. The van der Waals surface area contributed by atoms with Gasteiger partial charge < -0.3 is 0 Å². The monoisotopic (exact) mass is 355 g/mol. The summed E-state index contributed by atoms with van der Waals surface area (Å²) in [7, 11) is 0. The molecule has 1 N–H and O–H groups in total. The Morgan fingerprint density at radius 3 is 2.68 bits per heavy atom. The number of fused-ring (bicyclic) bond motifs is 1. The van der Waals surface area contributed by atoms with Crippen LogP contribution in [0.3, 0.4) is 0 Å². The van der Waals surface area contributed by atoms with Gasteiger partial charge in [-0.05, 0) is 23.8 Å². The minimum atomic E-state index is -0.657. The number of aromatic nitrogens is 1. The first-order valence-corrected chi connectivity index (χ1v) is 8.35. The summed E-state index contributed by atoms with van der Waals surface area (Å²) in [5.41, 5.74) is 2.67. The van der Waals surface area contributed by atoms with E-state index in [-0.39, 0.29) is 5.91 Å². The number of aliphatic imine (C=N–C) groups is 1. The van der Waals surface area contributed by atoms with E-state index in [9.17, 15) is 13.6 Å². The molecule has 1 amide bonds.